The van der Waals surface area contributed by atoms with E-state index >= 15 is 0 Å². The molecule has 4 rings (SSSR count). The van der Waals surface area contributed by atoms with E-state index in [1.165, 1.54) is 47.9 Å². The van der Waals surface area contributed by atoms with Gasteiger partial charge in [0.25, 0.3) is 5.91 Å². The molecule has 4 N–H and O–H groups in total. The second-order valence-electron chi connectivity index (χ2n) is 6.74. The number of carbonyl (C=O) groups excluding carboxylic acids is 2. The topological polar surface area (TPSA) is 175 Å². The number of pyridine rings is 1. The van der Waals surface area contributed by atoms with Crippen LogP contribution in [0.15, 0.2) is 48.7 Å². The molecule has 34 heavy (non-hydrogen) atoms. The van der Waals surface area contributed by atoms with Crippen LogP contribution in [0.25, 0.3) is 5.65 Å². The van der Waals surface area contributed by atoms with Crippen LogP contribution in [0.5, 0.6) is 5.88 Å². The van der Waals surface area contributed by atoms with Gasteiger partial charge in [0.05, 0.1) is 12.7 Å². The van der Waals surface area contributed by atoms with Gasteiger partial charge in [0, 0.05) is 23.4 Å². The van der Waals surface area contributed by atoms with Crippen LogP contribution in [0, 0.1) is 11.8 Å². The van der Waals surface area contributed by atoms with Gasteiger partial charge in [0.15, 0.2) is 11.5 Å². The van der Waals surface area contributed by atoms with E-state index in [1.807, 2.05) is 0 Å². The fourth-order valence-electron chi connectivity index (χ4n) is 2.95. The van der Waals surface area contributed by atoms with Crippen LogP contribution in [0.3, 0.4) is 0 Å². The molecule has 0 atom stereocenters. The van der Waals surface area contributed by atoms with Crippen molar-refractivity contribution < 1.29 is 24.2 Å². The van der Waals surface area contributed by atoms with Crippen LogP contribution in [-0.4, -0.2) is 54.8 Å². The van der Waals surface area contributed by atoms with Crippen molar-refractivity contribution >= 4 is 29.2 Å². The van der Waals surface area contributed by atoms with Crippen LogP contribution in [0.2, 0.25) is 0 Å². The maximum atomic E-state index is 12.5. The van der Waals surface area contributed by atoms with Gasteiger partial charge >= 0.3 is 5.97 Å². The van der Waals surface area contributed by atoms with E-state index in [2.05, 4.69) is 37.6 Å². The van der Waals surface area contributed by atoms with E-state index in [0.29, 0.717) is 5.56 Å². The highest BCUT2D eigenvalue weighted by molar-refractivity contribution is 6.04. The van der Waals surface area contributed by atoms with Gasteiger partial charge in [-0.1, -0.05) is 5.92 Å². The summed E-state index contributed by atoms with van der Waals surface area (Å²) in [7, 11) is 1.39. The number of anilines is 1. The van der Waals surface area contributed by atoms with Gasteiger partial charge in [0.2, 0.25) is 17.6 Å². The minimum atomic E-state index is -1.14. The number of aromatic carboxylic acids is 1. The van der Waals surface area contributed by atoms with Crippen molar-refractivity contribution in [2.24, 2.45) is 5.73 Å². The summed E-state index contributed by atoms with van der Waals surface area (Å²) in [5.74, 6) is 3.81. The fraction of sp³-hybridized carbons (Fsp3) is 0.0455. The van der Waals surface area contributed by atoms with Crippen LogP contribution in [0.1, 0.15) is 42.5 Å². The van der Waals surface area contributed by atoms with Crippen molar-refractivity contribution in [1.82, 2.24) is 24.8 Å². The summed E-state index contributed by atoms with van der Waals surface area (Å²) in [4.78, 5) is 35.0. The number of carboxylic acids is 1. The number of carbonyl (C=O) groups is 3. The molecule has 0 radical (unpaired) electrons. The second-order valence-corrected chi connectivity index (χ2v) is 6.74. The maximum Gasteiger partial charge on any atom is 0.339 e. The Kier molecular flexibility index (Phi) is 5.83. The number of carboxylic acid groups (broad SMARTS) is 1. The lowest BCUT2D eigenvalue weighted by molar-refractivity contribution is 0.0697. The first-order chi connectivity index (χ1) is 16.4. The Hall–Kier alpha value is -5.31. The van der Waals surface area contributed by atoms with Crippen LogP contribution in [-0.2, 0) is 0 Å². The summed E-state index contributed by atoms with van der Waals surface area (Å²) in [5, 5.41) is 27.5. The molecule has 0 aliphatic heterocycles. The molecule has 12 nitrogen and oxygen atoms in total. The Morgan fingerprint density at radius 3 is 2.44 bits per heavy atom. The third kappa shape index (κ3) is 4.34. The number of nitrogens with zero attached hydrogens (tertiary/aromatic N) is 5. The smallest absolute Gasteiger partial charge is 0.339 e. The Morgan fingerprint density at radius 1 is 1.03 bits per heavy atom. The third-order valence-corrected chi connectivity index (χ3v) is 4.60. The van der Waals surface area contributed by atoms with Gasteiger partial charge in [0.1, 0.15) is 5.56 Å². The standard InChI is InChI=1S/C22H15N7O5/c1-34-21-14(8-9-17-26-27-19-15(22(32)33)3-2-10-29(17)19)11-16(25-28-21)24-20(31)13-6-4-12(5-7-13)18(23)30/h2-7,10-11H,1H3,(H2,23,30)(H,32,33)(H,24,25,31). The number of hydrogen-bond acceptors (Lipinski definition) is 8. The Bertz CT molecular complexity index is 1500. The number of methoxy groups -OCH3 is 1. The van der Waals surface area contributed by atoms with Crippen molar-refractivity contribution in [3.05, 3.63) is 76.7 Å². The van der Waals surface area contributed by atoms with E-state index in [0.717, 1.165) is 0 Å². The summed E-state index contributed by atoms with van der Waals surface area (Å²) in [6, 6.07) is 10.2. The molecular formula is C22H15N7O5. The molecule has 12 heteroatoms. The number of ether oxygens (including phenoxy) is 1. The van der Waals surface area contributed by atoms with Gasteiger partial charge in [-0.05, 0) is 42.3 Å². The van der Waals surface area contributed by atoms with Gasteiger partial charge in [-0.3, -0.25) is 14.0 Å². The molecule has 0 bridgehead atoms. The van der Waals surface area contributed by atoms with Crippen LogP contribution in [0.4, 0.5) is 5.82 Å². The lowest BCUT2D eigenvalue weighted by Crippen LogP contribution is -2.15. The van der Waals surface area contributed by atoms with Crippen molar-refractivity contribution in [2.45, 2.75) is 0 Å². The average Bonchev–Trinajstić information content (AvgIpc) is 3.26. The average molecular weight is 457 g/mol. The first kappa shape index (κ1) is 21.9. The number of fused-ring (bicyclic) bond motifs is 1. The van der Waals surface area contributed by atoms with E-state index in [1.54, 1.807) is 12.3 Å². The van der Waals surface area contributed by atoms with Crippen LogP contribution < -0.4 is 15.8 Å². The Balaban J connectivity index is 1.62. The molecule has 0 unspecified atom stereocenters. The normalized spacial score (nSPS) is 10.3. The molecule has 3 heterocycles. The van der Waals surface area contributed by atoms with E-state index in [9.17, 15) is 19.5 Å². The molecule has 0 saturated heterocycles. The quantitative estimate of drug-likeness (QED) is 0.369. The summed E-state index contributed by atoms with van der Waals surface area (Å²) < 4.78 is 6.62. The predicted octanol–water partition coefficient (Wildman–Crippen LogP) is 0.977. The zero-order valence-corrected chi connectivity index (χ0v) is 17.5. The van der Waals surface area contributed by atoms with Crippen molar-refractivity contribution in [2.75, 3.05) is 12.4 Å². The number of benzene rings is 1. The summed E-state index contributed by atoms with van der Waals surface area (Å²) in [6.45, 7) is 0. The molecule has 1 aromatic carbocycles. The fourth-order valence-corrected chi connectivity index (χ4v) is 2.95. The highest BCUT2D eigenvalue weighted by Gasteiger charge is 2.14. The third-order valence-electron chi connectivity index (χ3n) is 4.60. The van der Waals surface area contributed by atoms with Crippen molar-refractivity contribution in [1.29, 1.82) is 0 Å². The molecule has 0 fully saturated rings. The molecule has 0 aliphatic rings. The minimum Gasteiger partial charge on any atom is -0.479 e. The maximum absolute atomic E-state index is 12.5. The summed E-state index contributed by atoms with van der Waals surface area (Å²) in [6.07, 6.45) is 1.59. The molecule has 4 aromatic rings. The summed E-state index contributed by atoms with van der Waals surface area (Å²) >= 11 is 0. The number of aromatic nitrogens is 5. The number of hydrogen-bond donors (Lipinski definition) is 3. The molecule has 3 aromatic heterocycles. The minimum absolute atomic E-state index is 0.0138. The number of amides is 2. The predicted molar refractivity (Wildman–Crippen MR) is 117 cm³/mol. The summed E-state index contributed by atoms with van der Waals surface area (Å²) in [5.41, 5.74) is 6.18. The number of rotatable bonds is 5. The van der Waals surface area contributed by atoms with Gasteiger partial charge in [-0.15, -0.1) is 20.4 Å². The van der Waals surface area contributed by atoms with Crippen molar-refractivity contribution in [3.63, 3.8) is 0 Å². The zero-order valence-electron chi connectivity index (χ0n) is 17.5. The highest BCUT2D eigenvalue weighted by atomic mass is 16.5. The van der Waals surface area contributed by atoms with E-state index < -0.39 is 17.8 Å². The molecule has 0 spiro atoms. The monoisotopic (exact) mass is 457 g/mol. The molecular weight excluding hydrogens is 442 g/mol. The second kappa shape index (κ2) is 9.05. The highest BCUT2D eigenvalue weighted by Crippen LogP contribution is 2.17. The van der Waals surface area contributed by atoms with Crippen molar-refractivity contribution in [3.8, 4) is 17.7 Å². The largest absolute Gasteiger partial charge is 0.479 e. The van der Waals surface area contributed by atoms with Gasteiger partial charge in [-0.2, -0.15) is 0 Å². The molecule has 2 amide bonds. The van der Waals surface area contributed by atoms with Crippen LogP contribution >= 0.6 is 0 Å². The van der Waals surface area contributed by atoms with E-state index in [4.69, 9.17) is 10.5 Å². The van der Waals surface area contributed by atoms with E-state index in [-0.39, 0.29) is 39.9 Å². The number of primary amides is 1. The lowest BCUT2D eigenvalue weighted by atomic mass is 10.1. The first-order valence-electron chi connectivity index (χ1n) is 9.59. The molecule has 0 saturated carbocycles. The Morgan fingerprint density at radius 2 is 1.76 bits per heavy atom. The first-order valence-corrected chi connectivity index (χ1v) is 9.59. The zero-order chi connectivity index (χ0) is 24.2. The Labute approximate surface area is 191 Å². The van der Waals surface area contributed by atoms with Gasteiger partial charge in [-0.25, -0.2) is 4.79 Å². The lowest BCUT2D eigenvalue weighted by Gasteiger charge is -2.06. The number of nitrogens with two attached hydrogens (primary N) is 1. The van der Waals surface area contributed by atoms with Gasteiger partial charge < -0.3 is 20.9 Å². The SMILES string of the molecule is COc1nnc(NC(=O)c2ccc(C(N)=O)cc2)cc1C#Cc1nnc2c(C(=O)O)cccn12. The molecule has 168 valence electrons. The molecule has 0 aliphatic carbocycles. The number of nitrogens with one attached hydrogen (secondary N) is 1.